The van der Waals surface area contributed by atoms with E-state index in [1.807, 2.05) is 13.0 Å². The number of rotatable bonds is 5. The molecule has 7 heteroatoms. The molecule has 0 bridgehead atoms. The van der Waals surface area contributed by atoms with Crippen LogP contribution in [0.4, 0.5) is 4.39 Å². The molecule has 0 spiro atoms. The predicted octanol–water partition coefficient (Wildman–Crippen LogP) is 3.62. The number of benzene rings is 2. The molecule has 168 valence electrons. The Labute approximate surface area is 187 Å². The second-order valence-corrected chi connectivity index (χ2v) is 8.49. The maximum absolute atomic E-state index is 13.5. The summed E-state index contributed by atoms with van der Waals surface area (Å²) in [6, 6.07) is 7.99. The fraction of sp³-hybridized carbons (Fsp3) is 0.400. The highest BCUT2D eigenvalue weighted by Crippen LogP contribution is 2.43. The topological polar surface area (TPSA) is 51.2 Å². The largest absolute Gasteiger partial charge is 0.477 e. The van der Waals surface area contributed by atoms with Crippen molar-refractivity contribution in [2.45, 2.75) is 19.9 Å². The lowest BCUT2D eigenvalue weighted by Gasteiger charge is -2.31. The zero-order valence-electron chi connectivity index (χ0n) is 18.2. The average Bonchev–Trinajstić information content (AvgIpc) is 3.10. The summed E-state index contributed by atoms with van der Waals surface area (Å²) in [5, 5.41) is 0. The fourth-order valence-corrected chi connectivity index (χ4v) is 4.53. The summed E-state index contributed by atoms with van der Waals surface area (Å²) in [5.41, 5.74) is 2.97. The van der Waals surface area contributed by atoms with Gasteiger partial charge in [0.15, 0.2) is 5.76 Å². The van der Waals surface area contributed by atoms with Gasteiger partial charge in [0.1, 0.15) is 24.0 Å². The molecule has 0 N–H and O–H groups in total. The Balaban J connectivity index is 1.29. The molecule has 2 aromatic carbocycles. The van der Waals surface area contributed by atoms with Crippen LogP contribution in [-0.4, -0.2) is 61.7 Å². The van der Waals surface area contributed by atoms with Crippen molar-refractivity contribution < 1.29 is 23.4 Å². The molecule has 0 aromatic heterocycles. The molecular formula is C25H27FN2O4. The Morgan fingerprint density at radius 2 is 1.91 bits per heavy atom. The van der Waals surface area contributed by atoms with Crippen LogP contribution < -0.4 is 9.47 Å². The molecule has 0 radical (unpaired) electrons. The van der Waals surface area contributed by atoms with Crippen molar-refractivity contribution in [3.8, 4) is 11.5 Å². The quantitative estimate of drug-likeness (QED) is 0.665. The zero-order chi connectivity index (χ0) is 22.1. The van der Waals surface area contributed by atoms with Gasteiger partial charge in [-0.25, -0.2) is 4.39 Å². The van der Waals surface area contributed by atoms with Crippen LogP contribution in [0.2, 0.25) is 0 Å². The maximum atomic E-state index is 13.5. The van der Waals surface area contributed by atoms with Crippen LogP contribution >= 0.6 is 0 Å². The molecule has 0 unspecified atom stereocenters. The molecular weight excluding hydrogens is 411 g/mol. The lowest BCUT2D eigenvalue weighted by Crippen LogP contribution is -2.39. The molecule has 1 fully saturated rings. The summed E-state index contributed by atoms with van der Waals surface area (Å²) >= 11 is 0. The molecule has 3 heterocycles. The number of Topliss-reactive ketones (excluding diaryl/α,β-unsaturated/α-hetero) is 1. The van der Waals surface area contributed by atoms with E-state index < -0.39 is 0 Å². The highest BCUT2D eigenvalue weighted by Gasteiger charge is 2.33. The van der Waals surface area contributed by atoms with Gasteiger partial charge < -0.3 is 14.2 Å². The number of carbonyl (C=O) groups excluding carboxylic acids is 1. The number of ketones is 1. The number of nitrogens with zero attached hydrogens (tertiary/aromatic N) is 2. The number of ether oxygens (including phenoxy) is 3. The van der Waals surface area contributed by atoms with Gasteiger partial charge in [0, 0.05) is 37.3 Å². The molecule has 2 aromatic rings. The highest BCUT2D eigenvalue weighted by atomic mass is 19.1. The summed E-state index contributed by atoms with van der Waals surface area (Å²) in [5.74, 6) is 1.01. The Morgan fingerprint density at radius 1 is 1.09 bits per heavy atom. The number of hydrogen-bond acceptors (Lipinski definition) is 6. The minimum Gasteiger partial charge on any atom is -0.477 e. The monoisotopic (exact) mass is 438 g/mol. The van der Waals surface area contributed by atoms with Gasteiger partial charge in [-0.3, -0.25) is 14.6 Å². The Hall–Kier alpha value is -2.74. The molecule has 3 aliphatic heterocycles. The minimum atomic E-state index is -0.351. The van der Waals surface area contributed by atoms with E-state index in [0.717, 1.165) is 69.2 Å². The molecule has 3 aliphatic rings. The third-order valence-corrected chi connectivity index (χ3v) is 6.20. The van der Waals surface area contributed by atoms with Crippen LogP contribution in [0.5, 0.6) is 11.5 Å². The van der Waals surface area contributed by atoms with E-state index in [0.29, 0.717) is 23.6 Å². The Kier molecular flexibility index (Phi) is 5.95. The van der Waals surface area contributed by atoms with Gasteiger partial charge in [0.2, 0.25) is 5.78 Å². The summed E-state index contributed by atoms with van der Waals surface area (Å²) in [6.07, 6.45) is 2.65. The maximum Gasteiger partial charge on any atom is 0.231 e. The summed E-state index contributed by atoms with van der Waals surface area (Å²) in [6.45, 7) is 8.80. The van der Waals surface area contributed by atoms with Crippen LogP contribution in [0.3, 0.4) is 0 Å². The molecule has 0 aliphatic carbocycles. The lowest BCUT2D eigenvalue weighted by molar-refractivity contribution is 0.0329. The van der Waals surface area contributed by atoms with E-state index in [-0.39, 0.29) is 17.4 Å². The minimum absolute atomic E-state index is 0.181. The van der Waals surface area contributed by atoms with E-state index in [1.54, 1.807) is 18.2 Å². The van der Waals surface area contributed by atoms with Crippen molar-refractivity contribution in [1.82, 2.24) is 9.80 Å². The zero-order valence-corrected chi connectivity index (χ0v) is 18.2. The highest BCUT2D eigenvalue weighted by molar-refractivity contribution is 6.15. The lowest BCUT2D eigenvalue weighted by atomic mass is 10.00. The third-order valence-electron chi connectivity index (χ3n) is 6.20. The summed E-state index contributed by atoms with van der Waals surface area (Å²) in [7, 11) is 0. The van der Waals surface area contributed by atoms with Crippen molar-refractivity contribution >= 4 is 11.9 Å². The standard InChI is InChI=1S/C25H27FN2O4/c1-17-24-19(15-28(16-31-24)7-3-6-27-8-10-30-11-9-27)14-21-23(29)22(32-25(17)21)13-18-4-2-5-20(26)12-18/h2,4-5,12-14H,3,6-11,15-16H2,1H3. The van der Waals surface area contributed by atoms with Gasteiger partial charge in [-0.2, -0.15) is 0 Å². The van der Waals surface area contributed by atoms with Crippen LogP contribution in [0, 0.1) is 12.7 Å². The molecule has 6 nitrogen and oxygen atoms in total. The van der Waals surface area contributed by atoms with E-state index >= 15 is 0 Å². The van der Waals surface area contributed by atoms with Crippen LogP contribution in [0.25, 0.3) is 6.08 Å². The van der Waals surface area contributed by atoms with Crippen LogP contribution in [-0.2, 0) is 11.3 Å². The van der Waals surface area contributed by atoms with Crippen LogP contribution in [0.1, 0.15) is 33.5 Å². The van der Waals surface area contributed by atoms with E-state index in [9.17, 15) is 9.18 Å². The number of halogens is 1. The van der Waals surface area contributed by atoms with E-state index in [4.69, 9.17) is 14.2 Å². The normalized spacial score (nSPS) is 20.1. The first-order chi connectivity index (χ1) is 15.6. The number of carbonyl (C=O) groups is 1. The van der Waals surface area contributed by atoms with E-state index in [2.05, 4.69) is 9.80 Å². The van der Waals surface area contributed by atoms with E-state index in [1.165, 1.54) is 12.1 Å². The van der Waals surface area contributed by atoms with Crippen molar-refractivity contribution in [3.05, 3.63) is 64.2 Å². The van der Waals surface area contributed by atoms with Crippen molar-refractivity contribution in [2.24, 2.45) is 0 Å². The van der Waals surface area contributed by atoms with Crippen molar-refractivity contribution in [3.63, 3.8) is 0 Å². The first kappa shape index (κ1) is 21.1. The Morgan fingerprint density at radius 3 is 2.72 bits per heavy atom. The predicted molar refractivity (Wildman–Crippen MR) is 118 cm³/mol. The van der Waals surface area contributed by atoms with Crippen molar-refractivity contribution in [1.29, 1.82) is 0 Å². The number of fused-ring (bicyclic) bond motifs is 2. The second kappa shape index (κ2) is 9.02. The van der Waals surface area contributed by atoms with Gasteiger partial charge >= 0.3 is 0 Å². The average molecular weight is 438 g/mol. The van der Waals surface area contributed by atoms with Crippen molar-refractivity contribution in [2.75, 3.05) is 46.1 Å². The molecule has 5 rings (SSSR count). The van der Waals surface area contributed by atoms with Gasteiger partial charge in [-0.05, 0) is 49.7 Å². The summed E-state index contributed by atoms with van der Waals surface area (Å²) < 4.78 is 30.9. The Bertz CT molecular complexity index is 1060. The number of hydrogen-bond donors (Lipinski definition) is 0. The smallest absolute Gasteiger partial charge is 0.231 e. The van der Waals surface area contributed by atoms with Gasteiger partial charge in [0.05, 0.1) is 18.8 Å². The molecule has 0 atom stereocenters. The molecule has 0 amide bonds. The number of morpholine rings is 1. The van der Waals surface area contributed by atoms with Gasteiger partial charge in [-0.1, -0.05) is 12.1 Å². The number of allylic oxidation sites excluding steroid dienone is 1. The van der Waals surface area contributed by atoms with Gasteiger partial charge in [0.25, 0.3) is 0 Å². The third kappa shape index (κ3) is 4.28. The van der Waals surface area contributed by atoms with Crippen LogP contribution in [0.15, 0.2) is 36.1 Å². The fourth-order valence-electron chi connectivity index (χ4n) is 4.53. The molecule has 0 saturated carbocycles. The van der Waals surface area contributed by atoms with Gasteiger partial charge in [-0.15, -0.1) is 0 Å². The first-order valence-corrected chi connectivity index (χ1v) is 11.1. The second-order valence-electron chi connectivity index (χ2n) is 8.49. The molecule has 32 heavy (non-hydrogen) atoms. The molecule has 1 saturated heterocycles. The summed E-state index contributed by atoms with van der Waals surface area (Å²) in [4.78, 5) is 17.7. The SMILES string of the molecule is Cc1c2c(cc3c1OC(=Cc1cccc(F)c1)C3=O)CN(CCCN1CCOCC1)CO2. The first-order valence-electron chi connectivity index (χ1n) is 11.1.